The van der Waals surface area contributed by atoms with E-state index >= 15 is 4.39 Å². The standard InChI is InChI=1S/C25H25F2N3O3/c1-14(2)30-13-28-21-10-9-20(29-25(32)33)19(22(21)24(30)31)12-16-6-4-8-18(23(16)27)15-5-3-7-17(26)11-15/h3-8,11,13-14,19-20,29H,9-10,12H2,1-2H3,(H,32,33)/t19-,20-/m0/s1. The van der Waals surface area contributed by atoms with Crippen molar-refractivity contribution in [2.75, 3.05) is 0 Å². The lowest BCUT2D eigenvalue weighted by Gasteiger charge is -2.33. The van der Waals surface area contributed by atoms with Crippen molar-refractivity contribution in [2.45, 2.75) is 51.1 Å². The molecule has 0 spiro atoms. The molecule has 4 rings (SSSR count). The molecule has 6 nitrogen and oxygen atoms in total. The highest BCUT2D eigenvalue weighted by atomic mass is 19.1. The Labute approximate surface area is 189 Å². The third kappa shape index (κ3) is 4.51. The number of carboxylic acid groups (broad SMARTS) is 1. The Kier molecular flexibility index (Phi) is 6.26. The number of fused-ring (bicyclic) bond motifs is 1. The van der Waals surface area contributed by atoms with Gasteiger partial charge in [-0.3, -0.25) is 9.36 Å². The summed E-state index contributed by atoms with van der Waals surface area (Å²) in [6, 6.07) is 9.86. The molecule has 1 aliphatic rings. The lowest BCUT2D eigenvalue weighted by Crippen LogP contribution is -2.45. The number of rotatable bonds is 5. The molecule has 1 aliphatic carbocycles. The van der Waals surface area contributed by atoms with Gasteiger partial charge in [-0.25, -0.2) is 18.6 Å². The second kappa shape index (κ2) is 9.13. The first-order valence-corrected chi connectivity index (χ1v) is 10.9. The first kappa shape index (κ1) is 22.6. The van der Waals surface area contributed by atoms with E-state index in [1.807, 2.05) is 13.8 Å². The summed E-state index contributed by atoms with van der Waals surface area (Å²) in [5.41, 5.74) is 1.78. The predicted molar refractivity (Wildman–Crippen MR) is 120 cm³/mol. The summed E-state index contributed by atoms with van der Waals surface area (Å²) in [6.07, 6.45) is 1.32. The van der Waals surface area contributed by atoms with E-state index in [0.29, 0.717) is 35.2 Å². The van der Waals surface area contributed by atoms with Crippen LogP contribution in [0.4, 0.5) is 13.6 Å². The van der Waals surface area contributed by atoms with Gasteiger partial charge in [0.15, 0.2) is 0 Å². The van der Waals surface area contributed by atoms with Crippen molar-refractivity contribution in [3.05, 3.63) is 87.6 Å². The van der Waals surface area contributed by atoms with Gasteiger partial charge in [0.1, 0.15) is 11.6 Å². The zero-order valence-electron chi connectivity index (χ0n) is 18.4. The van der Waals surface area contributed by atoms with E-state index in [0.717, 1.165) is 0 Å². The molecule has 0 bridgehead atoms. The number of halogens is 2. The van der Waals surface area contributed by atoms with E-state index in [-0.39, 0.29) is 23.6 Å². The number of aryl methyl sites for hydroxylation is 1. The van der Waals surface area contributed by atoms with E-state index in [2.05, 4.69) is 10.3 Å². The Balaban J connectivity index is 1.80. The highest BCUT2D eigenvalue weighted by Crippen LogP contribution is 2.34. The highest BCUT2D eigenvalue weighted by molar-refractivity contribution is 5.66. The van der Waals surface area contributed by atoms with Gasteiger partial charge < -0.3 is 10.4 Å². The molecule has 0 radical (unpaired) electrons. The molecule has 0 unspecified atom stereocenters. The topological polar surface area (TPSA) is 84.2 Å². The third-order valence-electron chi connectivity index (χ3n) is 6.18. The molecule has 1 amide bonds. The van der Waals surface area contributed by atoms with Crippen molar-refractivity contribution in [1.29, 1.82) is 0 Å². The minimum atomic E-state index is -1.20. The SMILES string of the molecule is CC(C)n1cnc2c(c1=O)[C@@H](Cc1cccc(-c3cccc(F)c3)c1F)[C@@H](NC(=O)O)CC2. The predicted octanol–water partition coefficient (Wildman–Crippen LogP) is 4.68. The quantitative estimate of drug-likeness (QED) is 0.588. The number of hydrogen-bond donors (Lipinski definition) is 2. The van der Waals surface area contributed by atoms with E-state index < -0.39 is 29.7 Å². The van der Waals surface area contributed by atoms with Gasteiger partial charge in [0, 0.05) is 29.1 Å². The second-order valence-corrected chi connectivity index (χ2v) is 8.61. The number of benzene rings is 2. The molecule has 3 aromatic rings. The van der Waals surface area contributed by atoms with Crippen LogP contribution >= 0.6 is 0 Å². The monoisotopic (exact) mass is 453 g/mol. The van der Waals surface area contributed by atoms with Crippen LogP contribution in [0.15, 0.2) is 53.6 Å². The second-order valence-electron chi connectivity index (χ2n) is 8.61. The number of amides is 1. The molecule has 2 atom stereocenters. The summed E-state index contributed by atoms with van der Waals surface area (Å²) in [7, 11) is 0. The highest BCUT2D eigenvalue weighted by Gasteiger charge is 2.35. The summed E-state index contributed by atoms with van der Waals surface area (Å²) < 4.78 is 30.8. The van der Waals surface area contributed by atoms with Crippen molar-refractivity contribution in [1.82, 2.24) is 14.9 Å². The summed E-state index contributed by atoms with van der Waals surface area (Å²) >= 11 is 0. The van der Waals surface area contributed by atoms with Crippen LogP contribution in [0.1, 0.15) is 49.0 Å². The molecule has 8 heteroatoms. The van der Waals surface area contributed by atoms with Crippen molar-refractivity contribution < 1.29 is 18.7 Å². The summed E-state index contributed by atoms with van der Waals surface area (Å²) in [5, 5.41) is 11.9. The van der Waals surface area contributed by atoms with E-state index in [1.165, 1.54) is 29.1 Å². The molecule has 0 aliphatic heterocycles. The first-order valence-electron chi connectivity index (χ1n) is 10.9. The van der Waals surface area contributed by atoms with Gasteiger partial charge in [-0.05, 0) is 56.4 Å². The van der Waals surface area contributed by atoms with Crippen LogP contribution < -0.4 is 10.9 Å². The Morgan fingerprint density at radius 2 is 2.00 bits per heavy atom. The van der Waals surface area contributed by atoms with Crippen LogP contribution in [0.2, 0.25) is 0 Å². The zero-order chi connectivity index (χ0) is 23.7. The molecular weight excluding hydrogens is 428 g/mol. The van der Waals surface area contributed by atoms with Crippen LogP contribution in [0, 0.1) is 11.6 Å². The average Bonchev–Trinajstić information content (AvgIpc) is 2.76. The van der Waals surface area contributed by atoms with Gasteiger partial charge in [0.25, 0.3) is 5.56 Å². The molecule has 1 aromatic heterocycles. The van der Waals surface area contributed by atoms with Crippen LogP contribution in [0.25, 0.3) is 11.1 Å². The molecule has 172 valence electrons. The minimum Gasteiger partial charge on any atom is -0.465 e. The maximum atomic E-state index is 15.6. The van der Waals surface area contributed by atoms with Crippen molar-refractivity contribution in [3.63, 3.8) is 0 Å². The van der Waals surface area contributed by atoms with Crippen LogP contribution in [0.5, 0.6) is 0 Å². The molecule has 0 saturated heterocycles. The Bertz CT molecular complexity index is 1260. The Morgan fingerprint density at radius 3 is 2.70 bits per heavy atom. The first-order chi connectivity index (χ1) is 15.8. The number of aromatic nitrogens is 2. The molecule has 0 saturated carbocycles. The maximum Gasteiger partial charge on any atom is 0.404 e. The fraction of sp³-hybridized carbons (Fsp3) is 0.320. The zero-order valence-corrected chi connectivity index (χ0v) is 18.4. The fourth-order valence-electron chi connectivity index (χ4n) is 4.58. The molecule has 33 heavy (non-hydrogen) atoms. The smallest absolute Gasteiger partial charge is 0.404 e. The lowest BCUT2D eigenvalue weighted by atomic mass is 9.78. The Morgan fingerprint density at radius 1 is 1.24 bits per heavy atom. The number of nitrogens with one attached hydrogen (secondary N) is 1. The van der Waals surface area contributed by atoms with Gasteiger partial charge in [-0.15, -0.1) is 0 Å². The van der Waals surface area contributed by atoms with Gasteiger partial charge in [-0.1, -0.05) is 30.3 Å². The van der Waals surface area contributed by atoms with Crippen molar-refractivity contribution >= 4 is 6.09 Å². The van der Waals surface area contributed by atoms with Crippen LogP contribution in [-0.2, 0) is 12.8 Å². The van der Waals surface area contributed by atoms with Gasteiger partial charge in [0.05, 0.1) is 12.0 Å². The van der Waals surface area contributed by atoms with Gasteiger partial charge >= 0.3 is 6.09 Å². The summed E-state index contributed by atoms with van der Waals surface area (Å²) in [5.74, 6) is -1.57. The molecular formula is C25H25F2N3O3. The Hall–Kier alpha value is -3.55. The molecule has 1 heterocycles. The van der Waals surface area contributed by atoms with Gasteiger partial charge in [-0.2, -0.15) is 0 Å². The van der Waals surface area contributed by atoms with E-state index in [1.54, 1.807) is 24.3 Å². The van der Waals surface area contributed by atoms with E-state index in [9.17, 15) is 19.1 Å². The number of hydrogen-bond acceptors (Lipinski definition) is 3. The van der Waals surface area contributed by atoms with Crippen molar-refractivity contribution in [3.8, 4) is 11.1 Å². The van der Waals surface area contributed by atoms with E-state index in [4.69, 9.17) is 0 Å². The summed E-state index contributed by atoms with van der Waals surface area (Å²) in [6.45, 7) is 3.73. The number of nitrogens with zero attached hydrogens (tertiary/aromatic N) is 2. The lowest BCUT2D eigenvalue weighted by molar-refractivity contribution is 0.185. The maximum absolute atomic E-state index is 15.6. The third-order valence-corrected chi connectivity index (χ3v) is 6.18. The minimum absolute atomic E-state index is 0.103. The number of carbonyl (C=O) groups is 1. The van der Waals surface area contributed by atoms with Gasteiger partial charge in [0.2, 0.25) is 0 Å². The van der Waals surface area contributed by atoms with Crippen LogP contribution in [-0.4, -0.2) is 26.8 Å². The largest absolute Gasteiger partial charge is 0.465 e. The average molecular weight is 453 g/mol. The molecule has 0 fully saturated rings. The van der Waals surface area contributed by atoms with Crippen molar-refractivity contribution in [2.24, 2.45) is 0 Å². The molecule has 2 aromatic carbocycles. The normalized spacial score (nSPS) is 17.6. The van der Waals surface area contributed by atoms with Crippen LogP contribution in [0.3, 0.4) is 0 Å². The molecule has 2 N–H and O–H groups in total. The fourth-order valence-corrected chi connectivity index (χ4v) is 4.58. The summed E-state index contributed by atoms with van der Waals surface area (Å²) in [4.78, 5) is 29.2.